The molecule has 104 valence electrons. The predicted octanol–water partition coefficient (Wildman–Crippen LogP) is 1.45. The quantitative estimate of drug-likeness (QED) is 0.814. The third kappa shape index (κ3) is 1.91. The highest BCUT2D eigenvalue weighted by Crippen LogP contribution is 2.49. The van der Waals surface area contributed by atoms with E-state index in [1.807, 2.05) is 0 Å². The van der Waals surface area contributed by atoms with Crippen molar-refractivity contribution < 1.29 is 5.11 Å². The van der Waals surface area contributed by atoms with Crippen molar-refractivity contribution in [1.82, 2.24) is 20.1 Å². The van der Waals surface area contributed by atoms with Crippen LogP contribution < -0.4 is 5.32 Å². The summed E-state index contributed by atoms with van der Waals surface area (Å²) >= 11 is 0. The molecule has 0 atom stereocenters. The maximum atomic E-state index is 9.09. The molecule has 5 nitrogen and oxygen atoms in total. The SMILES string of the molecule is OCCNC1(c2nnc(C3CC3)n2C2CC2)CCC1. The summed E-state index contributed by atoms with van der Waals surface area (Å²) in [6.07, 6.45) is 8.62. The van der Waals surface area contributed by atoms with Crippen LogP contribution in [0.25, 0.3) is 0 Å². The fourth-order valence-corrected chi connectivity index (χ4v) is 3.25. The monoisotopic (exact) mass is 262 g/mol. The lowest BCUT2D eigenvalue weighted by Crippen LogP contribution is -2.50. The van der Waals surface area contributed by atoms with Crippen molar-refractivity contribution in [3.8, 4) is 0 Å². The number of aliphatic hydroxyl groups is 1. The Morgan fingerprint density at radius 3 is 2.53 bits per heavy atom. The zero-order valence-electron chi connectivity index (χ0n) is 11.3. The second-order valence-electron chi connectivity index (χ2n) is 6.34. The summed E-state index contributed by atoms with van der Waals surface area (Å²) in [6, 6.07) is 0.647. The highest BCUT2D eigenvalue weighted by Gasteiger charge is 2.46. The van der Waals surface area contributed by atoms with Gasteiger partial charge in [0, 0.05) is 18.5 Å². The zero-order valence-corrected chi connectivity index (χ0v) is 11.3. The molecule has 0 unspecified atom stereocenters. The van der Waals surface area contributed by atoms with Crippen molar-refractivity contribution in [2.24, 2.45) is 0 Å². The van der Waals surface area contributed by atoms with E-state index in [0.717, 1.165) is 18.7 Å². The molecule has 3 fully saturated rings. The molecule has 4 rings (SSSR count). The van der Waals surface area contributed by atoms with Crippen molar-refractivity contribution in [2.75, 3.05) is 13.2 Å². The van der Waals surface area contributed by atoms with Gasteiger partial charge < -0.3 is 15.0 Å². The normalized spacial score (nSPS) is 25.3. The van der Waals surface area contributed by atoms with Crippen LogP contribution in [-0.2, 0) is 5.54 Å². The van der Waals surface area contributed by atoms with Crippen LogP contribution in [0, 0.1) is 0 Å². The molecule has 1 heterocycles. The molecule has 2 N–H and O–H groups in total. The first-order chi connectivity index (χ1) is 9.34. The van der Waals surface area contributed by atoms with Gasteiger partial charge in [-0.15, -0.1) is 10.2 Å². The van der Waals surface area contributed by atoms with Gasteiger partial charge in [0.1, 0.15) is 5.82 Å². The molecule has 0 aliphatic heterocycles. The molecule has 0 spiro atoms. The van der Waals surface area contributed by atoms with Crippen LogP contribution >= 0.6 is 0 Å². The van der Waals surface area contributed by atoms with Gasteiger partial charge in [0.2, 0.25) is 0 Å². The maximum absolute atomic E-state index is 9.09. The second kappa shape index (κ2) is 4.28. The van der Waals surface area contributed by atoms with Crippen molar-refractivity contribution in [1.29, 1.82) is 0 Å². The molecular weight excluding hydrogens is 240 g/mol. The Morgan fingerprint density at radius 1 is 1.21 bits per heavy atom. The molecule has 5 heteroatoms. The predicted molar refractivity (Wildman–Crippen MR) is 70.9 cm³/mol. The van der Waals surface area contributed by atoms with Gasteiger partial charge in [-0.3, -0.25) is 0 Å². The van der Waals surface area contributed by atoms with E-state index in [1.165, 1.54) is 37.9 Å². The van der Waals surface area contributed by atoms with E-state index in [9.17, 15) is 0 Å². The van der Waals surface area contributed by atoms with E-state index < -0.39 is 0 Å². The summed E-state index contributed by atoms with van der Waals surface area (Å²) < 4.78 is 2.45. The fourth-order valence-electron chi connectivity index (χ4n) is 3.25. The summed E-state index contributed by atoms with van der Waals surface area (Å²) in [5.41, 5.74) is -0.00847. The lowest BCUT2D eigenvalue weighted by molar-refractivity contribution is 0.151. The van der Waals surface area contributed by atoms with Crippen molar-refractivity contribution in [2.45, 2.75) is 62.4 Å². The first-order valence-corrected chi connectivity index (χ1v) is 7.65. The van der Waals surface area contributed by atoms with Crippen LogP contribution in [0.15, 0.2) is 0 Å². The number of nitrogens with zero attached hydrogens (tertiary/aromatic N) is 3. The number of hydrogen-bond acceptors (Lipinski definition) is 4. The van der Waals surface area contributed by atoms with Gasteiger partial charge in [-0.05, 0) is 44.9 Å². The number of aliphatic hydroxyl groups excluding tert-OH is 1. The molecule has 1 aromatic rings. The van der Waals surface area contributed by atoms with E-state index in [4.69, 9.17) is 5.11 Å². The Balaban J connectivity index is 1.69. The van der Waals surface area contributed by atoms with Gasteiger partial charge in [-0.2, -0.15) is 0 Å². The van der Waals surface area contributed by atoms with Crippen LogP contribution in [0.5, 0.6) is 0 Å². The van der Waals surface area contributed by atoms with Crippen LogP contribution in [0.2, 0.25) is 0 Å². The van der Waals surface area contributed by atoms with E-state index >= 15 is 0 Å². The third-order valence-electron chi connectivity index (χ3n) is 4.79. The Kier molecular flexibility index (Phi) is 2.67. The summed E-state index contributed by atoms with van der Waals surface area (Å²) in [5, 5.41) is 21.7. The average molecular weight is 262 g/mol. The van der Waals surface area contributed by atoms with Crippen LogP contribution in [-0.4, -0.2) is 33.0 Å². The van der Waals surface area contributed by atoms with E-state index in [1.54, 1.807) is 0 Å². The summed E-state index contributed by atoms with van der Waals surface area (Å²) in [4.78, 5) is 0. The zero-order chi connectivity index (χ0) is 12.9. The van der Waals surface area contributed by atoms with E-state index in [2.05, 4.69) is 20.1 Å². The summed E-state index contributed by atoms with van der Waals surface area (Å²) in [7, 11) is 0. The highest BCUT2D eigenvalue weighted by atomic mass is 16.3. The van der Waals surface area contributed by atoms with Crippen molar-refractivity contribution >= 4 is 0 Å². The van der Waals surface area contributed by atoms with E-state index in [-0.39, 0.29) is 12.1 Å². The van der Waals surface area contributed by atoms with Crippen molar-refractivity contribution in [3.05, 3.63) is 11.6 Å². The van der Waals surface area contributed by atoms with Gasteiger partial charge >= 0.3 is 0 Å². The molecule has 19 heavy (non-hydrogen) atoms. The van der Waals surface area contributed by atoms with Crippen molar-refractivity contribution in [3.63, 3.8) is 0 Å². The molecular formula is C14H22N4O. The molecule has 0 radical (unpaired) electrons. The number of nitrogens with one attached hydrogen (secondary N) is 1. The largest absolute Gasteiger partial charge is 0.395 e. The first kappa shape index (κ1) is 11.9. The Labute approximate surface area is 113 Å². The first-order valence-electron chi connectivity index (χ1n) is 7.65. The van der Waals surface area contributed by atoms with Gasteiger partial charge in [-0.25, -0.2) is 0 Å². The van der Waals surface area contributed by atoms with Crippen LogP contribution in [0.4, 0.5) is 0 Å². The smallest absolute Gasteiger partial charge is 0.153 e. The summed E-state index contributed by atoms with van der Waals surface area (Å²) in [5.74, 6) is 3.04. The molecule has 0 bridgehead atoms. The minimum atomic E-state index is -0.00847. The van der Waals surface area contributed by atoms with E-state index in [0.29, 0.717) is 18.5 Å². The number of rotatable bonds is 6. The van der Waals surface area contributed by atoms with Gasteiger partial charge in [0.15, 0.2) is 5.82 Å². The molecule has 3 saturated carbocycles. The average Bonchev–Trinajstić information content (AvgIpc) is 3.28. The molecule has 0 saturated heterocycles. The summed E-state index contributed by atoms with van der Waals surface area (Å²) in [6.45, 7) is 0.838. The Bertz CT molecular complexity index is 472. The number of hydrogen-bond donors (Lipinski definition) is 2. The Hall–Kier alpha value is -0.940. The third-order valence-corrected chi connectivity index (χ3v) is 4.79. The lowest BCUT2D eigenvalue weighted by Gasteiger charge is -2.42. The second-order valence-corrected chi connectivity index (χ2v) is 6.34. The molecule has 3 aliphatic rings. The lowest BCUT2D eigenvalue weighted by atomic mass is 9.76. The minimum absolute atomic E-state index is 0.00847. The van der Waals surface area contributed by atoms with Gasteiger partial charge in [0.25, 0.3) is 0 Å². The minimum Gasteiger partial charge on any atom is -0.395 e. The van der Waals surface area contributed by atoms with Gasteiger partial charge in [0.05, 0.1) is 12.1 Å². The topological polar surface area (TPSA) is 63.0 Å². The van der Waals surface area contributed by atoms with Crippen LogP contribution in [0.3, 0.4) is 0 Å². The maximum Gasteiger partial charge on any atom is 0.153 e. The highest BCUT2D eigenvalue weighted by molar-refractivity contribution is 5.20. The standard InChI is InChI=1S/C14H22N4O/c19-9-8-15-14(6-1-7-14)13-17-16-12(10-2-3-10)18(13)11-4-5-11/h10-11,15,19H,1-9H2. The molecule has 0 amide bonds. The molecule has 0 aromatic carbocycles. The molecule has 3 aliphatic carbocycles. The Morgan fingerprint density at radius 2 is 2.00 bits per heavy atom. The number of aromatic nitrogens is 3. The van der Waals surface area contributed by atoms with Gasteiger partial charge in [-0.1, -0.05) is 0 Å². The molecule has 1 aromatic heterocycles. The fraction of sp³-hybridized carbons (Fsp3) is 0.857. The van der Waals surface area contributed by atoms with Crippen LogP contribution in [0.1, 0.15) is 68.6 Å².